The molecular formula is C14H20N2O3S. The van der Waals surface area contributed by atoms with Crippen molar-refractivity contribution in [1.82, 2.24) is 10.6 Å². The van der Waals surface area contributed by atoms with Crippen LogP contribution in [0.15, 0.2) is 29.2 Å². The van der Waals surface area contributed by atoms with Crippen molar-refractivity contribution in [3.05, 3.63) is 29.8 Å². The topological polar surface area (TPSA) is 75.3 Å². The molecule has 1 aliphatic rings. The molecule has 0 aliphatic carbocycles. The van der Waals surface area contributed by atoms with Crippen LogP contribution in [0.1, 0.15) is 18.4 Å². The van der Waals surface area contributed by atoms with E-state index < -0.39 is 9.84 Å². The van der Waals surface area contributed by atoms with Crippen molar-refractivity contribution in [2.45, 2.75) is 24.3 Å². The molecule has 1 aliphatic heterocycles. The lowest BCUT2D eigenvalue weighted by Gasteiger charge is -2.21. The molecule has 1 amide bonds. The third kappa shape index (κ3) is 4.05. The lowest BCUT2D eigenvalue weighted by Crippen LogP contribution is -2.37. The number of carbonyl (C=O) groups excluding carboxylic acids is 1. The molecule has 0 radical (unpaired) electrons. The molecule has 1 aromatic rings. The van der Waals surface area contributed by atoms with E-state index in [1.54, 1.807) is 24.3 Å². The van der Waals surface area contributed by atoms with E-state index in [1.165, 1.54) is 6.26 Å². The van der Waals surface area contributed by atoms with Crippen LogP contribution in [0, 0.1) is 5.92 Å². The van der Waals surface area contributed by atoms with Gasteiger partial charge in [0.2, 0.25) is 5.91 Å². The van der Waals surface area contributed by atoms with Crippen molar-refractivity contribution < 1.29 is 13.2 Å². The van der Waals surface area contributed by atoms with Gasteiger partial charge in [0.25, 0.3) is 0 Å². The average molecular weight is 296 g/mol. The molecule has 0 atom stereocenters. The second-order valence-corrected chi connectivity index (χ2v) is 7.17. The Hall–Kier alpha value is -1.40. The first-order valence-corrected chi connectivity index (χ1v) is 8.63. The third-order valence-corrected chi connectivity index (χ3v) is 4.66. The molecule has 20 heavy (non-hydrogen) atoms. The van der Waals surface area contributed by atoms with E-state index in [9.17, 15) is 13.2 Å². The number of nitrogens with one attached hydrogen (secondary N) is 2. The Morgan fingerprint density at radius 3 is 2.40 bits per heavy atom. The van der Waals surface area contributed by atoms with Crippen molar-refractivity contribution in [1.29, 1.82) is 0 Å². The van der Waals surface area contributed by atoms with E-state index in [1.807, 2.05) is 0 Å². The summed E-state index contributed by atoms with van der Waals surface area (Å²) in [7, 11) is -3.16. The van der Waals surface area contributed by atoms with Crippen LogP contribution in [-0.4, -0.2) is 33.7 Å². The van der Waals surface area contributed by atoms with Gasteiger partial charge in [0.1, 0.15) is 0 Å². The normalized spacial score (nSPS) is 16.9. The fourth-order valence-electron chi connectivity index (χ4n) is 2.27. The van der Waals surface area contributed by atoms with Gasteiger partial charge >= 0.3 is 0 Å². The van der Waals surface area contributed by atoms with Crippen LogP contribution < -0.4 is 10.6 Å². The zero-order valence-electron chi connectivity index (χ0n) is 11.6. The number of piperidine rings is 1. The van der Waals surface area contributed by atoms with Gasteiger partial charge in [-0.1, -0.05) is 12.1 Å². The first-order valence-electron chi connectivity index (χ1n) is 6.74. The van der Waals surface area contributed by atoms with Gasteiger partial charge in [-0.2, -0.15) is 0 Å². The molecule has 1 aromatic carbocycles. The minimum absolute atomic E-state index is 0.0821. The molecule has 0 aromatic heterocycles. The maximum Gasteiger partial charge on any atom is 0.223 e. The van der Waals surface area contributed by atoms with Gasteiger partial charge in [0.05, 0.1) is 4.90 Å². The van der Waals surface area contributed by atoms with Gasteiger partial charge in [0, 0.05) is 18.7 Å². The van der Waals surface area contributed by atoms with Crippen LogP contribution in [0.3, 0.4) is 0 Å². The molecule has 0 bridgehead atoms. The van der Waals surface area contributed by atoms with Crippen LogP contribution in [0.4, 0.5) is 0 Å². The number of sulfone groups is 1. The zero-order chi connectivity index (χ0) is 14.6. The summed E-state index contributed by atoms with van der Waals surface area (Å²) in [5.41, 5.74) is 0.902. The molecule has 0 saturated carbocycles. The predicted octanol–water partition coefficient (Wildman–Crippen LogP) is 0.706. The van der Waals surface area contributed by atoms with Gasteiger partial charge in [-0.05, 0) is 43.6 Å². The third-order valence-electron chi connectivity index (χ3n) is 3.53. The van der Waals surface area contributed by atoms with E-state index in [0.29, 0.717) is 11.4 Å². The van der Waals surface area contributed by atoms with Gasteiger partial charge in [-0.15, -0.1) is 0 Å². The highest BCUT2D eigenvalue weighted by atomic mass is 32.2. The summed E-state index contributed by atoms with van der Waals surface area (Å²) in [6.07, 6.45) is 2.93. The molecular weight excluding hydrogens is 276 g/mol. The molecule has 1 fully saturated rings. The SMILES string of the molecule is CS(=O)(=O)c1ccc(CNC(=O)C2CCNCC2)cc1. The summed E-state index contributed by atoms with van der Waals surface area (Å²) in [5, 5.41) is 6.14. The number of amides is 1. The van der Waals surface area contributed by atoms with Crippen LogP contribution in [-0.2, 0) is 21.2 Å². The summed E-state index contributed by atoms with van der Waals surface area (Å²) < 4.78 is 22.7. The smallest absolute Gasteiger partial charge is 0.223 e. The molecule has 110 valence electrons. The number of benzene rings is 1. The van der Waals surface area contributed by atoms with Crippen molar-refractivity contribution in [3.8, 4) is 0 Å². The number of hydrogen-bond donors (Lipinski definition) is 2. The second-order valence-electron chi connectivity index (χ2n) is 5.16. The van der Waals surface area contributed by atoms with E-state index in [-0.39, 0.29) is 11.8 Å². The zero-order valence-corrected chi connectivity index (χ0v) is 12.4. The van der Waals surface area contributed by atoms with Crippen molar-refractivity contribution >= 4 is 15.7 Å². The number of hydrogen-bond acceptors (Lipinski definition) is 4. The van der Waals surface area contributed by atoms with Crippen molar-refractivity contribution in [2.75, 3.05) is 19.3 Å². The van der Waals surface area contributed by atoms with Gasteiger partial charge < -0.3 is 10.6 Å². The standard InChI is InChI=1S/C14H20N2O3S/c1-20(18,19)13-4-2-11(3-5-13)10-16-14(17)12-6-8-15-9-7-12/h2-5,12,15H,6-10H2,1H3,(H,16,17). The van der Waals surface area contributed by atoms with Gasteiger partial charge in [0.15, 0.2) is 9.84 Å². The highest BCUT2D eigenvalue weighted by Crippen LogP contribution is 2.13. The fraction of sp³-hybridized carbons (Fsp3) is 0.500. The monoisotopic (exact) mass is 296 g/mol. The molecule has 5 nitrogen and oxygen atoms in total. The molecule has 2 N–H and O–H groups in total. The van der Waals surface area contributed by atoms with E-state index in [4.69, 9.17) is 0 Å². The van der Waals surface area contributed by atoms with Crippen LogP contribution in [0.2, 0.25) is 0 Å². The Kier molecular flexibility index (Phi) is 4.77. The summed E-state index contributed by atoms with van der Waals surface area (Å²) >= 11 is 0. The van der Waals surface area contributed by atoms with Crippen LogP contribution >= 0.6 is 0 Å². The predicted molar refractivity (Wildman–Crippen MR) is 77.0 cm³/mol. The molecule has 6 heteroatoms. The van der Waals surface area contributed by atoms with Crippen LogP contribution in [0.5, 0.6) is 0 Å². The van der Waals surface area contributed by atoms with E-state index >= 15 is 0 Å². The highest BCUT2D eigenvalue weighted by Gasteiger charge is 2.20. The van der Waals surface area contributed by atoms with Crippen molar-refractivity contribution in [3.63, 3.8) is 0 Å². The minimum atomic E-state index is -3.16. The summed E-state index contributed by atoms with van der Waals surface area (Å²) in [6.45, 7) is 2.22. The molecule has 0 unspecified atom stereocenters. The summed E-state index contributed by atoms with van der Waals surface area (Å²) in [6, 6.07) is 6.61. The fourth-order valence-corrected chi connectivity index (χ4v) is 2.90. The number of rotatable bonds is 4. The van der Waals surface area contributed by atoms with E-state index in [0.717, 1.165) is 31.5 Å². The maximum atomic E-state index is 12.0. The minimum Gasteiger partial charge on any atom is -0.352 e. The lowest BCUT2D eigenvalue weighted by molar-refractivity contribution is -0.125. The maximum absolute atomic E-state index is 12.0. The molecule has 0 spiro atoms. The summed E-state index contributed by atoms with van der Waals surface area (Å²) in [4.78, 5) is 12.3. The van der Waals surface area contributed by atoms with E-state index in [2.05, 4.69) is 10.6 Å². The van der Waals surface area contributed by atoms with Gasteiger partial charge in [-0.3, -0.25) is 4.79 Å². The van der Waals surface area contributed by atoms with Crippen molar-refractivity contribution in [2.24, 2.45) is 5.92 Å². The Morgan fingerprint density at radius 1 is 1.25 bits per heavy atom. The Morgan fingerprint density at radius 2 is 1.85 bits per heavy atom. The average Bonchev–Trinajstić information content (AvgIpc) is 2.45. The second kappa shape index (κ2) is 6.37. The first kappa shape index (κ1) is 15.0. The molecule has 1 heterocycles. The molecule has 1 saturated heterocycles. The Bertz CT molecular complexity index is 561. The Labute approximate surface area is 119 Å². The lowest BCUT2D eigenvalue weighted by atomic mass is 9.97. The quantitative estimate of drug-likeness (QED) is 0.858. The van der Waals surface area contributed by atoms with Gasteiger partial charge in [-0.25, -0.2) is 8.42 Å². The first-order chi connectivity index (χ1) is 9.47. The Balaban J connectivity index is 1.89. The largest absolute Gasteiger partial charge is 0.352 e. The highest BCUT2D eigenvalue weighted by molar-refractivity contribution is 7.90. The summed E-state index contributed by atoms with van der Waals surface area (Å²) in [5.74, 6) is 0.172. The van der Waals surface area contributed by atoms with Crippen LogP contribution in [0.25, 0.3) is 0 Å². The number of carbonyl (C=O) groups is 1. The molecule has 2 rings (SSSR count).